The normalized spacial score (nSPS) is 21.6. The van der Waals surface area contributed by atoms with Crippen LogP contribution in [-0.4, -0.2) is 43.1 Å². The molecular formula is C20H16I4O6. The molecule has 0 aromatic heterocycles. The summed E-state index contributed by atoms with van der Waals surface area (Å²) in [6.07, 6.45) is -0.100. The Balaban J connectivity index is 1.60. The zero-order valence-corrected chi connectivity index (χ0v) is 24.2. The molecule has 0 bridgehead atoms. The first-order valence-electron chi connectivity index (χ1n) is 8.96. The van der Waals surface area contributed by atoms with Gasteiger partial charge in [0.25, 0.3) is 0 Å². The monoisotopic (exact) mass is 860 g/mol. The lowest BCUT2D eigenvalue weighted by atomic mass is 9.79. The van der Waals surface area contributed by atoms with E-state index in [1.54, 1.807) is 6.92 Å². The van der Waals surface area contributed by atoms with E-state index in [9.17, 15) is 9.90 Å². The van der Waals surface area contributed by atoms with Crippen molar-refractivity contribution in [2.24, 2.45) is 0 Å². The van der Waals surface area contributed by atoms with Gasteiger partial charge in [0, 0.05) is 0 Å². The molecule has 0 aliphatic carbocycles. The van der Waals surface area contributed by atoms with Gasteiger partial charge in [0.15, 0.2) is 5.75 Å². The summed E-state index contributed by atoms with van der Waals surface area (Å²) in [4.78, 5) is 12.0. The Labute approximate surface area is 228 Å². The van der Waals surface area contributed by atoms with Crippen LogP contribution in [0.15, 0.2) is 24.3 Å². The minimum atomic E-state index is -1.08. The molecule has 0 amide bonds. The van der Waals surface area contributed by atoms with Crippen LogP contribution in [0.3, 0.4) is 0 Å². The number of benzene rings is 2. The summed E-state index contributed by atoms with van der Waals surface area (Å²) >= 11 is 8.87. The van der Waals surface area contributed by atoms with Gasteiger partial charge >= 0.3 is 5.97 Å². The van der Waals surface area contributed by atoms with Gasteiger partial charge in [-0.1, -0.05) is 0 Å². The van der Waals surface area contributed by atoms with Crippen LogP contribution in [0.25, 0.3) is 0 Å². The first kappa shape index (κ1) is 23.5. The van der Waals surface area contributed by atoms with Gasteiger partial charge in [0.1, 0.15) is 35.7 Å². The molecule has 1 N–H and O–H groups in total. The van der Waals surface area contributed by atoms with E-state index < -0.39 is 11.4 Å². The molecule has 30 heavy (non-hydrogen) atoms. The molecule has 3 unspecified atom stereocenters. The van der Waals surface area contributed by atoms with Gasteiger partial charge in [-0.15, -0.1) is 0 Å². The molecule has 2 aromatic carbocycles. The number of aliphatic carboxylic acids is 1. The quantitative estimate of drug-likeness (QED) is 0.283. The topological polar surface area (TPSA) is 80.8 Å². The van der Waals surface area contributed by atoms with Gasteiger partial charge in [-0.2, -0.15) is 0 Å². The summed E-state index contributed by atoms with van der Waals surface area (Å²) in [5.74, 6) is 1.35. The molecule has 3 atom stereocenters. The third-order valence-electron chi connectivity index (χ3n) is 5.03. The van der Waals surface area contributed by atoms with E-state index in [1.807, 2.05) is 24.3 Å². The van der Waals surface area contributed by atoms with Gasteiger partial charge < -0.3 is 24.1 Å². The number of carboxylic acids is 1. The standard InChI is InChI=1S/C20H16I4O6/c1-20(19(25)26,16-8-28-16)9-2-12(21)18(13(22)3-9)30-10-4-14(23)17(15(24)5-10)29-7-11-6-27-11/h2-5,11,16H,6-8H2,1H3,(H,25,26). The van der Waals surface area contributed by atoms with Crippen LogP contribution in [0.2, 0.25) is 0 Å². The zero-order valence-electron chi connectivity index (χ0n) is 15.6. The first-order chi connectivity index (χ1) is 14.2. The zero-order chi connectivity index (χ0) is 21.6. The molecule has 0 radical (unpaired) electrons. The van der Waals surface area contributed by atoms with Crippen LogP contribution in [0.4, 0.5) is 0 Å². The van der Waals surface area contributed by atoms with Gasteiger partial charge in [-0.3, -0.25) is 4.79 Å². The van der Waals surface area contributed by atoms with Crippen molar-refractivity contribution in [2.45, 2.75) is 24.5 Å². The molecule has 2 fully saturated rings. The summed E-state index contributed by atoms with van der Waals surface area (Å²) in [5.41, 5.74) is -0.359. The molecule has 0 spiro atoms. The van der Waals surface area contributed by atoms with Crippen LogP contribution in [0.5, 0.6) is 17.2 Å². The number of rotatable bonds is 8. The summed E-state index contributed by atoms with van der Waals surface area (Å²) in [5, 5.41) is 9.81. The van der Waals surface area contributed by atoms with Gasteiger partial charge in [-0.25, -0.2) is 0 Å². The van der Waals surface area contributed by atoms with Crippen molar-refractivity contribution >= 4 is 96.3 Å². The Hall–Kier alpha value is 0.350. The number of carbonyl (C=O) groups is 1. The maximum absolute atomic E-state index is 12.0. The van der Waals surface area contributed by atoms with Crippen molar-refractivity contribution in [3.8, 4) is 17.2 Å². The fraction of sp³-hybridized carbons (Fsp3) is 0.350. The lowest BCUT2D eigenvalue weighted by Crippen LogP contribution is -2.38. The molecule has 2 heterocycles. The van der Waals surface area contributed by atoms with E-state index in [1.165, 1.54) is 0 Å². The number of hydrogen-bond donors (Lipinski definition) is 1. The molecule has 6 nitrogen and oxygen atoms in total. The van der Waals surface area contributed by atoms with E-state index in [0.717, 1.165) is 26.6 Å². The van der Waals surface area contributed by atoms with Gasteiger partial charge in [-0.05, 0) is 127 Å². The second-order valence-corrected chi connectivity index (χ2v) is 11.8. The van der Waals surface area contributed by atoms with Crippen LogP contribution in [0, 0.1) is 14.3 Å². The Morgan fingerprint density at radius 3 is 2.03 bits per heavy atom. The maximum Gasteiger partial charge on any atom is 0.316 e. The van der Waals surface area contributed by atoms with E-state index in [2.05, 4.69) is 90.4 Å². The van der Waals surface area contributed by atoms with Gasteiger partial charge in [0.05, 0.1) is 27.5 Å². The van der Waals surface area contributed by atoms with Crippen LogP contribution in [0.1, 0.15) is 12.5 Å². The summed E-state index contributed by atoms with van der Waals surface area (Å²) in [7, 11) is 0. The molecular weight excluding hydrogens is 844 g/mol. The minimum Gasteiger partial charge on any atom is -0.489 e. The minimum absolute atomic E-state index is 0.201. The lowest BCUT2D eigenvalue weighted by molar-refractivity contribution is -0.144. The lowest BCUT2D eigenvalue weighted by Gasteiger charge is -2.24. The van der Waals surface area contributed by atoms with E-state index >= 15 is 0 Å². The average Bonchev–Trinajstić information content (AvgIpc) is 3.56. The van der Waals surface area contributed by atoms with Crippen LogP contribution in [-0.2, 0) is 19.7 Å². The average molecular weight is 860 g/mol. The Kier molecular flexibility index (Phi) is 7.29. The Bertz CT molecular complexity index is 959. The van der Waals surface area contributed by atoms with E-state index in [4.69, 9.17) is 18.9 Å². The third-order valence-corrected chi connectivity index (χ3v) is 8.23. The second-order valence-electron chi connectivity index (χ2n) is 7.18. The van der Waals surface area contributed by atoms with E-state index in [-0.39, 0.29) is 12.2 Å². The van der Waals surface area contributed by atoms with Crippen molar-refractivity contribution in [1.82, 2.24) is 0 Å². The van der Waals surface area contributed by atoms with Crippen LogP contribution >= 0.6 is 90.4 Å². The van der Waals surface area contributed by atoms with Crippen molar-refractivity contribution < 1.29 is 28.8 Å². The first-order valence-corrected chi connectivity index (χ1v) is 13.3. The fourth-order valence-corrected chi connectivity index (χ4v) is 6.99. The Morgan fingerprint density at radius 2 is 1.57 bits per heavy atom. The second kappa shape index (κ2) is 9.30. The maximum atomic E-state index is 12.0. The predicted octanol–water partition coefficient (Wildman–Crippen LogP) is 5.42. The highest BCUT2D eigenvalue weighted by Crippen LogP contribution is 2.42. The highest BCUT2D eigenvalue weighted by molar-refractivity contribution is 14.1. The van der Waals surface area contributed by atoms with Crippen molar-refractivity contribution in [1.29, 1.82) is 0 Å². The Morgan fingerprint density at radius 1 is 1.03 bits per heavy atom. The van der Waals surface area contributed by atoms with Crippen LogP contribution < -0.4 is 9.47 Å². The van der Waals surface area contributed by atoms with Crippen molar-refractivity contribution in [3.63, 3.8) is 0 Å². The summed E-state index contributed by atoms with van der Waals surface area (Å²) < 4.78 is 26.2. The molecule has 160 valence electrons. The van der Waals surface area contributed by atoms with Crippen molar-refractivity contribution in [2.75, 3.05) is 19.8 Å². The molecule has 2 aromatic rings. The highest BCUT2D eigenvalue weighted by atomic mass is 127. The molecule has 4 rings (SSSR count). The van der Waals surface area contributed by atoms with E-state index in [0.29, 0.717) is 30.3 Å². The SMILES string of the molecule is CC(C(=O)O)(c1cc(I)c(Oc2cc(I)c(OCC3CO3)c(I)c2)c(I)c1)C1CO1. The number of carboxylic acid groups (broad SMARTS) is 1. The predicted molar refractivity (Wildman–Crippen MR) is 144 cm³/mol. The number of epoxide rings is 2. The molecule has 2 saturated heterocycles. The molecule has 10 heteroatoms. The third kappa shape index (κ3) is 4.97. The number of ether oxygens (including phenoxy) is 4. The highest BCUT2D eigenvalue weighted by Gasteiger charge is 2.51. The largest absolute Gasteiger partial charge is 0.489 e. The van der Waals surface area contributed by atoms with Crippen molar-refractivity contribution in [3.05, 3.63) is 44.1 Å². The molecule has 0 saturated carbocycles. The fourth-order valence-electron chi connectivity index (χ4n) is 2.98. The van der Waals surface area contributed by atoms with Gasteiger partial charge in [0.2, 0.25) is 0 Å². The summed E-state index contributed by atoms with van der Waals surface area (Å²) in [6, 6.07) is 7.62. The molecule has 2 aliphatic heterocycles. The number of hydrogen-bond acceptors (Lipinski definition) is 5. The molecule has 2 aliphatic rings. The summed E-state index contributed by atoms with van der Waals surface area (Å²) in [6.45, 7) is 3.49. The number of halogens is 4. The smallest absolute Gasteiger partial charge is 0.316 e.